The van der Waals surface area contributed by atoms with Gasteiger partial charge in [0.2, 0.25) is 0 Å². The maximum atomic E-state index is 13.5. The van der Waals surface area contributed by atoms with Crippen LogP contribution in [0.15, 0.2) is 23.1 Å². The summed E-state index contributed by atoms with van der Waals surface area (Å²) in [6.45, 7) is 0. The van der Waals surface area contributed by atoms with Gasteiger partial charge in [0.15, 0.2) is 0 Å². The number of nitrogens with one attached hydrogen (secondary N) is 1. The topological polar surface area (TPSA) is 35.8 Å². The summed E-state index contributed by atoms with van der Waals surface area (Å²) in [5, 5.41) is 12.3. The van der Waals surface area contributed by atoms with E-state index < -0.39 is 17.2 Å². The smallest absolute Gasteiger partial charge is 0.136 e. The van der Waals surface area contributed by atoms with Crippen LogP contribution < -0.4 is 5.32 Å². The van der Waals surface area contributed by atoms with E-state index in [2.05, 4.69) is 11.4 Å². The SMILES string of the molecule is CNC(C#N)(CSc1cc(F)ccc1F)C1CC1. The molecule has 1 aliphatic carbocycles. The van der Waals surface area contributed by atoms with Crippen molar-refractivity contribution in [1.29, 1.82) is 5.26 Å². The second kappa shape index (κ2) is 5.25. The number of benzene rings is 1. The van der Waals surface area contributed by atoms with Crippen molar-refractivity contribution in [3.8, 4) is 6.07 Å². The highest BCUT2D eigenvalue weighted by atomic mass is 32.2. The normalized spacial score (nSPS) is 18.1. The molecular formula is C13H14F2N2S. The second-order valence-electron chi connectivity index (χ2n) is 4.47. The largest absolute Gasteiger partial charge is 0.302 e. The van der Waals surface area contributed by atoms with Crippen LogP contribution in [0.4, 0.5) is 8.78 Å². The lowest BCUT2D eigenvalue weighted by atomic mass is 9.98. The van der Waals surface area contributed by atoms with Crippen LogP contribution in [0.5, 0.6) is 0 Å². The van der Waals surface area contributed by atoms with Gasteiger partial charge in [-0.3, -0.25) is 0 Å². The molecule has 2 nitrogen and oxygen atoms in total. The van der Waals surface area contributed by atoms with Crippen molar-refractivity contribution < 1.29 is 8.78 Å². The maximum Gasteiger partial charge on any atom is 0.136 e. The average molecular weight is 268 g/mol. The Labute approximate surface area is 109 Å². The van der Waals surface area contributed by atoms with Crippen molar-refractivity contribution in [3.05, 3.63) is 29.8 Å². The average Bonchev–Trinajstić information content (AvgIpc) is 3.20. The summed E-state index contributed by atoms with van der Waals surface area (Å²) in [6.07, 6.45) is 2.03. The van der Waals surface area contributed by atoms with Gasteiger partial charge in [-0.15, -0.1) is 11.8 Å². The molecule has 0 radical (unpaired) electrons. The molecule has 1 saturated carbocycles. The van der Waals surface area contributed by atoms with Crippen molar-refractivity contribution in [2.45, 2.75) is 23.3 Å². The fourth-order valence-electron chi connectivity index (χ4n) is 1.93. The van der Waals surface area contributed by atoms with Gasteiger partial charge in [0, 0.05) is 10.6 Å². The molecule has 0 heterocycles. The summed E-state index contributed by atoms with van der Waals surface area (Å²) < 4.78 is 26.5. The molecule has 0 aliphatic heterocycles. The van der Waals surface area contributed by atoms with Crippen molar-refractivity contribution in [1.82, 2.24) is 5.32 Å². The van der Waals surface area contributed by atoms with E-state index in [-0.39, 0.29) is 4.90 Å². The zero-order chi connectivity index (χ0) is 13.2. The highest BCUT2D eigenvalue weighted by molar-refractivity contribution is 7.99. The fourth-order valence-corrected chi connectivity index (χ4v) is 3.16. The van der Waals surface area contributed by atoms with Crippen LogP contribution in [0, 0.1) is 28.9 Å². The van der Waals surface area contributed by atoms with Crippen molar-refractivity contribution in [3.63, 3.8) is 0 Å². The first-order chi connectivity index (χ1) is 8.61. The summed E-state index contributed by atoms with van der Waals surface area (Å²) in [5.41, 5.74) is -0.635. The van der Waals surface area contributed by atoms with Gasteiger partial charge in [0.1, 0.15) is 17.2 Å². The fraction of sp³-hybridized carbons (Fsp3) is 0.462. The Hall–Kier alpha value is -1.12. The minimum atomic E-state index is -0.635. The molecule has 5 heteroatoms. The number of thioether (sulfide) groups is 1. The third kappa shape index (κ3) is 2.65. The zero-order valence-corrected chi connectivity index (χ0v) is 10.9. The van der Waals surface area contributed by atoms with Gasteiger partial charge in [-0.2, -0.15) is 5.26 Å². The molecule has 96 valence electrons. The third-order valence-corrected chi connectivity index (χ3v) is 4.49. The summed E-state index contributed by atoms with van der Waals surface area (Å²) in [5.74, 6) is -0.167. The Bertz CT molecular complexity index is 482. The second-order valence-corrected chi connectivity index (χ2v) is 5.49. The van der Waals surface area contributed by atoms with Crippen LogP contribution in [-0.4, -0.2) is 18.3 Å². The van der Waals surface area contributed by atoms with Gasteiger partial charge in [-0.25, -0.2) is 8.78 Å². The summed E-state index contributed by atoms with van der Waals surface area (Å²) in [4.78, 5) is 0.255. The molecule has 0 spiro atoms. The van der Waals surface area contributed by atoms with E-state index in [1.54, 1.807) is 7.05 Å². The standard InChI is InChI=1S/C13H14F2N2S/c1-17-13(7-16,9-2-3-9)8-18-12-6-10(14)4-5-11(12)15/h4-6,9,17H,2-3,8H2,1H3. The Morgan fingerprint density at radius 3 is 2.78 bits per heavy atom. The number of nitrogens with zero attached hydrogens (tertiary/aromatic N) is 1. The predicted molar refractivity (Wildman–Crippen MR) is 67.2 cm³/mol. The molecule has 18 heavy (non-hydrogen) atoms. The predicted octanol–water partition coefficient (Wildman–Crippen LogP) is 2.95. The van der Waals surface area contributed by atoms with E-state index in [1.807, 2.05) is 0 Å². The van der Waals surface area contributed by atoms with Gasteiger partial charge >= 0.3 is 0 Å². The molecule has 0 aromatic heterocycles. The summed E-state index contributed by atoms with van der Waals surface area (Å²) in [7, 11) is 1.74. The Morgan fingerprint density at radius 2 is 2.22 bits per heavy atom. The molecule has 0 bridgehead atoms. The molecule has 1 fully saturated rings. The number of hydrogen-bond acceptors (Lipinski definition) is 3. The van der Waals surface area contributed by atoms with Crippen LogP contribution in [0.25, 0.3) is 0 Å². The molecule has 0 amide bonds. The van der Waals surface area contributed by atoms with Crippen LogP contribution in [0.1, 0.15) is 12.8 Å². The molecular weight excluding hydrogens is 254 g/mol. The van der Waals surface area contributed by atoms with E-state index in [0.29, 0.717) is 11.7 Å². The lowest BCUT2D eigenvalue weighted by Crippen LogP contribution is -2.46. The molecule has 1 aliphatic rings. The minimum absolute atomic E-state index is 0.255. The van der Waals surface area contributed by atoms with E-state index in [9.17, 15) is 14.0 Å². The van der Waals surface area contributed by atoms with Crippen molar-refractivity contribution in [2.24, 2.45) is 5.92 Å². The van der Waals surface area contributed by atoms with Gasteiger partial charge in [0.05, 0.1) is 6.07 Å². The minimum Gasteiger partial charge on any atom is -0.302 e. The quantitative estimate of drug-likeness (QED) is 0.834. The van der Waals surface area contributed by atoms with Crippen LogP contribution in [0.3, 0.4) is 0 Å². The van der Waals surface area contributed by atoms with Crippen LogP contribution in [-0.2, 0) is 0 Å². The van der Waals surface area contributed by atoms with E-state index in [1.165, 1.54) is 17.8 Å². The lowest BCUT2D eigenvalue weighted by Gasteiger charge is -2.25. The van der Waals surface area contributed by atoms with Gasteiger partial charge in [-0.05, 0) is 44.0 Å². The molecule has 1 unspecified atom stereocenters. The zero-order valence-electron chi connectivity index (χ0n) is 10.0. The summed E-state index contributed by atoms with van der Waals surface area (Å²) in [6, 6.07) is 5.66. The highest BCUT2D eigenvalue weighted by Crippen LogP contribution is 2.42. The van der Waals surface area contributed by atoms with Crippen molar-refractivity contribution in [2.75, 3.05) is 12.8 Å². The third-order valence-electron chi connectivity index (χ3n) is 3.27. The lowest BCUT2D eigenvalue weighted by molar-refractivity contribution is 0.441. The Kier molecular flexibility index (Phi) is 3.88. The Morgan fingerprint density at radius 1 is 1.50 bits per heavy atom. The highest BCUT2D eigenvalue weighted by Gasteiger charge is 2.44. The number of hydrogen-bond donors (Lipinski definition) is 1. The van der Waals surface area contributed by atoms with Crippen molar-refractivity contribution >= 4 is 11.8 Å². The first-order valence-electron chi connectivity index (χ1n) is 5.79. The maximum absolute atomic E-state index is 13.5. The van der Waals surface area contributed by atoms with E-state index in [0.717, 1.165) is 25.0 Å². The molecule has 0 saturated heterocycles. The molecule has 1 aromatic rings. The van der Waals surface area contributed by atoms with Gasteiger partial charge < -0.3 is 5.32 Å². The number of rotatable bonds is 5. The van der Waals surface area contributed by atoms with Crippen LogP contribution >= 0.6 is 11.8 Å². The van der Waals surface area contributed by atoms with E-state index in [4.69, 9.17) is 0 Å². The summed E-state index contributed by atoms with van der Waals surface area (Å²) >= 11 is 1.19. The van der Waals surface area contributed by atoms with E-state index >= 15 is 0 Å². The number of halogens is 2. The number of nitriles is 1. The van der Waals surface area contributed by atoms with Gasteiger partial charge in [0.25, 0.3) is 0 Å². The first-order valence-corrected chi connectivity index (χ1v) is 6.78. The monoisotopic (exact) mass is 268 g/mol. The van der Waals surface area contributed by atoms with Gasteiger partial charge in [-0.1, -0.05) is 0 Å². The first kappa shape index (κ1) is 13.3. The molecule has 1 N–H and O–H groups in total. The molecule has 2 rings (SSSR count). The molecule has 1 atom stereocenters. The molecule has 1 aromatic carbocycles. The van der Waals surface area contributed by atoms with Crippen LogP contribution in [0.2, 0.25) is 0 Å². The Balaban J connectivity index is 2.10.